The quantitative estimate of drug-likeness (QED) is 0.839. The molecule has 0 spiro atoms. The molecule has 4 unspecified atom stereocenters. The van der Waals surface area contributed by atoms with Crippen LogP contribution < -0.4 is 5.32 Å². The molecule has 0 aliphatic heterocycles. The zero-order chi connectivity index (χ0) is 18.0. The highest BCUT2D eigenvalue weighted by molar-refractivity contribution is 5.83. The third-order valence-corrected chi connectivity index (χ3v) is 4.62. The van der Waals surface area contributed by atoms with Crippen LogP contribution in [-0.4, -0.2) is 17.1 Å². The molecule has 2 aromatic rings. The van der Waals surface area contributed by atoms with E-state index in [-0.39, 0.29) is 35.4 Å². The fourth-order valence-corrected chi connectivity index (χ4v) is 3.16. The van der Waals surface area contributed by atoms with E-state index < -0.39 is 6.10 Å². The summed E-state index contributed by atoms with van der Waals surface area (Å²) in [6, 6.07) is 11.8. The van der Waals surface area contributed by atoms with Gasteiger partial charge in [0.15, 0.2) is 0 Å². The molecule has 3 rings (SSSR count). The Bertz CT molecular complexity index is 748. The van der Waals surface area contributed by atoms with E-state index in [2.05, 4.69) is 5.32 Å². The van der Waals surface area contributed by atoms with Gasteiger partial charge in [0.25, 0.3) is 0 Å². The summed E-state index contributed by atoms with van der Waals surface area (Å²) in [6.45, 7) is 1.82. The molecule has 2 N–H and O–H groups in total. The summed E-state index contributed by atoms with van der Waals surface area (Å²) in [5.74, 6) is -0.807. The molecule has 4 atom stereocenters. The Balaban J connectivity index is 1.50. The van der Waals surface area contributed by atoms with Crippen LogP contribution in [0.2, 0.25) is 0 Å². The van der Waals surface area contributed by atoms with E-state index in [1.54, 1.807) is 6.07 Å². The van der Waals surface area contributed by atoms with Crippen molar-refractivity contribution in [1.82, 2.24) is 5.32 Å². The summed E-state index contributed by atoms with van der Waals surface area (Å²) in [6.07, 6.45) is 0.283. The lowest BCUT2D eigenvalue weighted by Crippen LogP contribution is -2.35. The second-order valence-corrected chi connectivity index (χ2v) is 6.72. The van der Waals surface area contributed by atoms with Crippen LogP contribution >= 0.6 is 0 Å². The summed E-state index contributed by atoms with van der Waals surface area (Å²) in [4.78, 5) is 12.3. The van der Waals surface area contributed by atoms with E-state index in [1.807, 2.05) is 13.0 Å². The lowest BCUT2D eigenvalue weighted by molar-refractivity contribution is -0.123. The van der Waals surface area contributed by atoms with Crippen LogP contribution in [-0.2, 0) is 4.79 Å². The first-order valence-electron chi connectivity index (χ1n) is 8.43. The molecule has 2 aromatic carbocycles. The molecule has 5 heteroatoms. The van der Waals surface area contributed by atoms with Gasteiger partial charge in [-0.1, -0.05) is 24.3 Å². The number of rotatable bonds is 6. The van der Waals surface area contributed by atoms with E-state index in [4.69, 9.17) is 0 Å². The SMILES string of the molecule is CC(CC(O)c1ccc(F)cc1)NC(=O)C1CC1c1cccc(F)c1. The van der Waals surface area contributed by atoms with Crippen molar-refractivity contribution in [2.24, 2.45) is 5.92 Å². The molecule has 1 fully saturated rings. The molecule has 1 aliphatic rings. The molecule has 0 bridgehead atoms. The summed E-state index contributed by atoms with van der Waals surface area (Å²) < 4.78 is 26.2. The van der Waals surface area contributed by atoms with E-state index in [0.717, 1.165) is 5.56 Å². The minimum Gasteiger partial charge on any atom is -0.388 e. The summed E-state index contributed by atoms with van der Waals surface area (Å²) >= 11 is 0. The number of aliphatic hydroxyl groups excluding tert-OH is 1. The number of aliphatic hydroxyl groups is 1. The zero-order valence-electron chi connectivity index (χ0n) is 14.0. The van der Waals surface area contributed by atoms with Crippen molar-refractivity contribution >= 4 is 5.91 Å². The maximum atomic E-state index is 13.3. The molecule has 1 amide bonds. The van der Waals surface area contributed by atoms with Gasteiger partial charge in [0.1, 0.15) is 11.6 Å². The zero-order valence-corrected chi connectivity index (χ0v) is 14.0. The van der Waals surface area contributed by atoms with Crippen LogP contribution in [0.15, 0.2) is 48.5 Å². The molecule has 0 radical (unpaired) electrons. The van der Waals surface area contributed by atoms with Gasteiger partial charge < -0.3 is 10.4 Å². The number of carbonyl (C=O) groups excluding carboxylic acids is 1. The largest absolute Gasteiger partial charge is 0.388 e. The van der Waals surface area contributed by atoms with Crippen molar-refractivity contribution in [2.45, 2.75) is 37.8 Å². The Hall–Kier alpha value is -2.27. The van der Waals surface area contributed by atoms with Crippen LogP contribution in [0.4, 0.5) is 8.78 Å². The molecule has 0 heterocycles. The van der Waals surface area contributed by atoms with Crippen LogP contribution in [0.1, 0.15) is 42.9 Å². The topological polar surface area (TPSA) is 49.3 Å². The number of benzene rings is 2. The first-order valence-corrected chi connectivity index (χ1v) is 8.43. The Morgan fingerprint density at radius 1 is 1.20 bits per heavy atom. The van der Waals surface area contributed by atoms with Gasteiger partial charge in [-0.15, -0.1) is 0 Å². The van der Waals surface area contributed by atoms with Gasteiger partial charge in [-0.3, -0.25) is 4.79 Å². The maximum absolute atomic E-state index is 13.3. The van der Waals surface area contributed by atoms with Gasteiger partial charge in [-0.2, -0.15) is 0 Å². The smallest absolute Gasteiger partial charge is 0.223 e. The Kier molecular flexibility index (Phi) is 5.13. The molecule has 1 aliphatic carbocycles. The van der Waals surface area contributed by atoms with Crippen LogP contribution in [0.25, 0.3) is 0 Å². The fraction of sp³-hybridized carbons (Fsp3) is 0.350. The van der Waals surface area contributed by atoms with Crippen molar-refractivity contribution < 1.29 is 18.7 Å². The van der Waals surface area contributed by atoms with E-state index in [9.17, 15) is 18.7 Å². The predicted molar refractivity (Wildman–Crippen MR) is 90.8 cm³/mol. The van der Waals surface area contributed by atoms with Gasteiger partial charge in [-0.25, -0.2) is 8.78 Å². The lowest BCUT2D eigenvalue weighted by Gasteiger charge is -2.18. The average Bonchev–Trinajstić information content (AvgIpc) is 3.36. The third-order valence-electron chi connectivity index (χ3n) is 4.62. The van der Waals surface area contributed by atoms with Crippen LogP contribution in [0.5, 0.6) is 0 Å². The highest BCUT2D eigenvalue weighted by Gasteiger charge is 2.44. The predicted octanol–water partition coefficient (Wildman–Crippen LogP) is 3.70. The maximum Gasteiger partial charge on any atom is 0.223 e. The minimum atomic E-state index is -0.769. The number of hydrogen-bond donors (Lipinski definition) is 2. The van der Waals surface area contributed by atoms with Gasteiger partial charge in [-0.05, 0) is 61.1 Å². The molecule has 0 aromatic heterocycles. The van der Waals surface area contributed by atoms with Crippen molar-refractivity contribution in [2.75, 3.05) is 0 Å². The number of halogens is 2. The fourth-order valence-electron chi connectivity index (χ4n) is 3.16. The minimum absolute atomic E-state index is 0.0601. The highest BCUT2D eigenvalue weighted by atomic mass is 19.1. The van der Waals surface area contributed by atoms with Crippen LogP contribution in [0, 0.1) is 17.6 Å². The molecule has 25 heavy (non-hydrogen) atoms. The number of hydrogen-bond acceptors (Lipinski definition) is 2. The van der Waals surface area contributed by atoms with Crippen molar-refractivity contribution in [3.05, 3.63) is 71.3 Å². The highest BCUT2D eigenvalue weighted by Crippen LogP contribution is 2.47. The van der Waals surface area contributed by atoms with Gasteiger partial charge in [0.05, 0.1) is 6.10 Å². The Labute approximate surface area is 145 Å². The van der Waals surface area contributed by atoms with Crippen molar-refractivity contribution in [1.29, 1.82) is 0 Å². The van der Waals surface area contributed by atoms with Crippen LogP contribution in [0.3, 0.4) is 0 Å². The standard InChI is InChI=1S/C20H21F2NO2/c1-12(9-19(24)13-5-7-15(21)8-6-13)23-20(25)18-11-17(18)14-3-2-4-16(22)10-14/h2-8,10,12,17-19,24H,9,11H2,1H3,(H,23,25). The number of amides is 1. The average molecular weight is 345 g/mol. The van der Waals surface area contributed by atoms with Gasteiger partial charge in [0.2, 0.25) is 5.91 Å². The monoisotopic (exact) mass is 345 g/mol. The summed E-state index contributed by atoms with van der Waals surface area (Å²) in [7, 11) is 0. The number of carbonyl (C=O) groups is 1. The van der Waals surface area contributed by atoms with Gasteiger partial charge >= 0.3 is 0 Å². The molecular weight excluding hydrogens is 324 g/mol. The lowest BCUT2D eigenvalue weighted by atomic mass is 10.0. The molecule has 1 saturated carbocycles. The molecule has 132 valence electrons. The first kappa shape index (κ1) is 17.5. The van der Waals surface area contributed by atoms with Gasteiger partial charge in [0, 0.05) is 12.0 Å². The number of nitrogens with one attached hydrogen (secondary N) is 1. The summed E-state index contributed by atoms with van der Waals surface area (Å²) in [5.41, 5.74) is 1.46. The van der Waals surface area contributed by atoms with E-state index in [1.165, 1.54) is 36.4 Å². The normalized spacial score (nSPS) is 21.4. The Morgan fingerprint density at radius 2 is 1.92 bits per heavy atom. The first-order chi connectivity index (χ1) is 11.9. The van der Waals surface area contributed by atoms with E-state index >= 15 is 0 Å². The second-order valence-electron chi connectivity index (χ2n) is 6.72. The molecular formula is C20H21F2NO2. The van der Waals surface area contributed by atoms with Crippen molar-refractivity contribution in [3.63, 3.8) is 0 Å². The third kappa shape index (κ3) is 4.42. The second kappa shape index (κ2) is 7.31. The molecule has 0 saturated heterocycles. The summed E-state index contributed by atoms with van der Waals surface area (Å²) in [5, 5.41) is 13.1. The molecule has 3 nitrogen and oxygen atoms in total. The Morgan fingerprint density at radius 3 is 2.60 bits per heavy atom. The van der Waals surface area contributed by atoms with E-state index in [0.29, 0.717) is 18.4 Å². The van der Waals surface area contributed by atoms with Crippen molar-refractivity contribution in [3.8, 4) is 0 Å².